The Labute approximate surface area is 160 Å². The molecule has 2 aromatic carbocycles. The van der Waals surface area contributed by atoms with Gasteiger partial charge in [-0.05, 0) is 24.3 Å². The molecular weight excluding hydrogens is 365 g/mol. The van der Waals surface area contributed by atoms with Crippen LogP contribution in [0.4, 0.5) is 10.1 Å². The summed E-state index contributed by atoms with van der Waals surface area (Å²) in [4.78, 5) is 28.8. The van der Waals surface area contributed by atoms with Gasteiger partial charge in [0, 0.05) is 17.7 Å². The molecule has 0 saturated carbocycles. The molecule has 0 atom stereocenters. The standard InChI is InChI=1S/C20H18FN3O4/c1-27-13-7-8-18(28-2)17(9-13)23-19(25)11-24-12-22-16(10-20(24)26)14-5-3-4-6-15(14)21/h3-10,12H,11H2,1-2H3,(H,23,25). The van der Waals surface area contributed by atoms with Crippen LogP contribution in [0.5, 0.6) is 11.5 Å². The zero-order valence-corrected chi connectivity index (χ0v) is 15.3. The van der Waals surface area contributed by atoms with Gasteiger partial charge in [0.2, 0.25) is 5.91 Å². The van der Waals surface area contributed by atoms with Gasteiger partial charge in [-0.1, -0.05) is 12.1 Å². The Bertz CT molecular complexity index is 1070. The quantitative estimate of drug-likeness (QED) is 0.708. The summed E-state index contributed by atoms with van der Waals surface area (Å²) in [6, 6.07) is 12.2. The molecular formula is C20H18FN3O4. The summed E-state index contributed by atoms with van der Waals surface area (Å²) < 4.78 is 25.3. The lowest BCUT2D eigenvalue weighted by atomic mass is 10.1. The third-order valence-corrected chi connectivity index (χ3v) is 4.02. The van der Waals surface area contributed by atoms with Crippen molar-refractivity contribution in [3.63, 3.8) is 0 Å². The van der Waals surface area contributed by atoms with Crippen molar-refractivity contribution in [2.24, 2.45) is 0 Å². The van der Waals surface area contributed by atoms with Gasteiger partial charge in [-0.2, -0.15) is 0 Å². The van der Waals surface area contributed by atoms with Crippen molar-refractivity contribution in [1.29, 1.82) is 0 Å². The molecule has 3 aromatic rings. The maximum atomic E-state index is 13.9. The maximum absolute atomic E-state index is 13.9. The van der Waals surface area contributed by atoms with E-state index in [1.807, 2.05) is 0 Å². The van der Waals surface area contributed by atoms with E-state index in [1.54, 1.807) is 30.3 Å². The Morgan fingerprint density at radius 3 is 2.61 bits per heavy atom. The minimum absolute atomic E-state index is 0.203. The van der Waals surface area contributed by atoms with Gasteiger partial charge in [-0.25, -0.2) is 9.37 Å². The molecule has 0 aliphatic heterocycles. The number of carbonyl (C=O) groups is 1. The molecule has 3 rings (SSSR count). The number of aromatic nitrogens is 2. The summed E-state index contributed by atoms with van der Waals surface area (Å²) in [5.41, 5.74) is 0.364. The molecule has 0 radical (unpaired) electrons. The van der Waals surface area contributed by atoms with Crippen LogP contribution in [-0.2, 0) is 11.3 Å². The fourth-order valence-corrected chi connectivity index (χ4v) is 2.62. The van der Waals surface area contributed by atoms with Crippen LogP contribution >= 0.6 is 0 Å². The van der Waals surface area contributed by atoms with E-state index >= 15 is 0 Å². The topological polar surface area (TPSA) is 82.4 Å². The van der Waals surface area contributed by atoms with E-state index in [-0.39, 0.29) is 17.8 Å². The largest absolute Gasteiger partial charge is 0.497 e. The van der Waals surface area contributed by atoms with E-state index in [2.05, 4.69) is 10.3 Å². The molecule has 0 aliphatic carbocycles. The highest BCUT2D eigenvalue weighted by Crippen LogP contribution is 2.28. The van der Waals surface area contributed by atoms with Crippen LogP contribution in [0.2, 0.25) is 0 Å². The average molecular weight is 383 g/mol. The molecule has 1 N–H and O–H groups in total. The van der Waals surface area contributed by atoms with E-state index in [4.69, 9.17) is 9.47 Å². The summed E-state index contributed by atoms with van der Waals surface area (Å²) in [7, 11) is 2.99. The number of carbonyl (C=O) groups excluding carboxylic acids is 1. The summed E-state index contributed by atoms with van der Waals surface area (Å²) in [5.74, 6) is 0.0720. The van der Waals surface area contributed by atoms with Crippen LogP contribution in [-0.4, -0.2) is 29.7 Å². The fourth-order valence-electron chi connectivity index (χ4n) is 2.62. The van der Waals surface area contributed by atoms with Crippen LogP contribution in [0.25, 0.3) is 11.3 Å². The second-order valence-electron chi connectivity index (χ2n) is 5.83. The second-order valence-corrected chi connectivity index (χ2v) is 5.83. The first kappa shape index (κ1) is 19.1. The smallest absolute Gasteiger partial charge is 0.254 e. The monoisotopic (exact) mass is 383 g/mol. The molecule has 1 heterocycles. The molecule has 7 nitrogen and oxygen atoms in total. The molecule has 0 bridgehead atoms. The molecule has 28 heavy (non-hydrogen) atoms. The van der Waals surface area contributed by atoms with Crippen LogP contribution in [0.1, 0.15) is 0 Å². The predicted octanol–water partition coefficient (Wildman–Crippen LogP) is 2.71. The van der Waals surface area contributed by atoms with Gasteiger partial charge in [-0.15, -0.1) is 0 Å². The molecule has 1 aromatic heterocycles. The maximum Gasteiger partial charge on any atom is 0.254 e. The lowest BCUT2D eigenvalue weighted by Gasteiger charge is -2.12. The van der Waals surface area contributed by atoms with Crippen LogP contribution < -0.4 is 20.3 Å². The van der Waals surface area contributed by atoms with Gasteiger partial charge in [0.25, 0.3) is 5.56 Å². The SMILES string of the molecule is COc1ccc(OC)c(NC(=O)Cn2cnc(-c3ccccc3F)cc2=O)c1. The highest BCUT2D eigenvalue weighted by Gasteiger charge is 2.12. The molecule has 0 fully saturated rings. The number of hydrogen-bond donors (Lipinski definition) is 1. The van der Waals surface area contributed by atoms with Gasteiger partial charge in [0.15, 0.2) is 0 Å². The lowest BCUT2D eigenvalue weighted by molar-refractivity contribution is -0.116. The van der Waals surface area contributed by atoms with Crippen molar-refractivity contribution in [3.05, 3.63) is 71.0 Å². The first-order valence-electron chi connectivity index (χ1n) is 8.35. The van der Waals surface area contributed by atoms with E-state index in [9.17, 15) is 14.0 Å². The number of anilines is 1. The highest BCUT2D eigenvalue weighted by molar-refractivity contribution is 5.92. The number of hydrogen-bond acceptors (Lipinski definition) is 5. The van der Waals surface area contributed by atoms with Crippen LogP contribution in [0, 0.1) is 5.82 Å². The number of halogens is 1. The normalized spacial score (nSPS) is 10.4. The molecule has 0 saturated heterocycles. The Kier molecular flexibility index (Phi) is 5.69. The van der Waals surface area contributed by atoms with E-state index < -0.39 is 17.3 Å². The van der Waals surface area contributed by atoms with Crippen molar-refractivity contribution in [1.82, 2.24) is 9.55 Å². The Hall–Kier alpha value is -3.68. The van der Waals surface area contributed by atoms with Crippen molar-refractivity contribution in [2.75, 3.05) is 19.5 Å². The number of nitrogens with zero attached hydrogens (tertiary/aromatic N) is 2. The first-order valence-corrected chi connectivity index (χ1v) is 8.35. The molecule has 0 spiro atoms. The zero-order valence-electron chi connectivity index (χ0n) is 15.3. The molecule has 0 unspecified atom stereocenters. The zero-order chi connectivity index (χ0) is 20.1. The summed E-state index contributed by atoms with van der Waals surface area (Å²) >= 11 is 0. The van der Waals surface area contributed by atoms with Crippen molar-refractivity contribution in [3.8, 4) is 22.8 Å². The molecule has 144 valence electrons. The second kappa shape index (κ2) is 8.34. The van der Waals surface area contributed by atoms with Crippen molar-refractivity contribution in [2.45, 2.75) is 6.54 Å². The Morgan fingerprint density at radius 2 is 1.93 bits per heavy atom. The third kappa shape index (κ3) is 4.17. The fraction of sp³-hybridized carbons (Fsp3) is 0.150. The Balaban J connectivity index is 1.78. The highest BCUT2D eigenvalue weighted by atomic mass is 19.1. The number of methoxy groups -OCH3 is 2. The van der Waals surface area contributed by atoms with Gasteiger partial charge in [-0.3, -0.25) is 14.2 Å². The molecule has 1 amide bonds. The van der Waals surface area contributed by atoms with Gasteiger partial charge < -0.3 is 14.8 Å². The number of amides is 1. The number of nitrogens with one attached hydrogen (secondary N) is 1. The number of ether oxygens (including phenoxy) is 2. The molecule has 0 aliphatic rings. The average Bonchev–Trinajstić information content (AvgIpc) is 2.70. The first-order chi connectivity index (χ1) is 13.5. The van der Waals surface area contributed by atoms with Gasteiger partial charge >= 0.3 is 0 Å². The Morgan fingerprint density at radius 1 is 1.14 bits per heavy atom. The van der Waals surface area contributed by atoms with Crippen LogP contribution in [0.3, 0.4) is 0 Å². The van der Waals surface area contributed by atoms with E-state index in [0.717, 1.165) is 4.57 Å². The third-order valence-electron chi connectivity index (χ3n) is 4.02. The predicted molar refractivity (Wildman–Crippen MR) is 102 cm³/mol. The minimum atomic E-state index is -0.477. The number of benzene rings is 2. The summed E-state index contributed by atoms with van der Waals surface area (Å²) in [5, 5.41) is 2.68. The van der Waals surface area contributed by atoms with E-state index in [0.29, 0.717) is 17.2 Å². The lowest BCUT2D eigenvalue weighted by Crippen LogP contribution is -2.27. The van der Waals surface area contributed by atoms with Gasteiger partial charge in [0.05, 0.1) is 31.9 Å². The minimum Gasteiger partial charge on any atom is -0.497 e. The van der Waals surface area contributed by atoms with Crippen molar-refractivity contribution < 1.29 is 18.7 Å². The van der Waals surface area contributed by atoms with Crippen molar-refractivity contribution >= 4 is 11.6 Å². The summed E-state index contributed by atoms with van der Waals surface area (Å²) in [6.07, 6.45) is 1.21. The summed E-state index contributed by atoms with van der Waals surface area (Å²) in [6.45, 7) is -0.260. The molecule has 8 heteroatoms. The number of rotatable bonds is 6. The van der Waals surface area contributed by atoms with E-state index in [1.165, 1.54) is 38.7 Å². The van der Waals surface area contributed by atoms with Gasteiger partial charge in [0.1, 0.15) is 23.9 Å². The van der Waals surface area contributed by atoms with Crippen LogP contribution in [0.15, 0.2) is 59.7 Å².